The highest BCUT2D eigenvalue weighted by Gasteiger charge is 2.33. The summed E-state index contributed by atoms with van der Waals surface area (Å²) < 4.78 is 0. The van der Waals surface area contributed by atoms with Crippen LogP contribution in [-0.2, 0) is 10.8 Å². The van der Waals surface area contributed by atoms with Crippen LogP contribution < -0.4 is 10.5 Å². The van der Waals surface area contributed by atoms with E-state index in [1.54, 1.807) is 5.12 Å². The molecule has 0 fully saturated rings. The molecule has 0 spiro atoms. The molecular weight excluding hydrogens is 334 g/mol. The molecule has 3 rings (SSSR count). The molecule has 2 aliphatic rings. The monoisotopic (exact) mass is 361 g/mol. The zero-order valence-corrected chi connectivity index (χ0v) is 16.6. The number of alkyl halides is 1. The van der Waals surface area contributed by atoms with Gasteiger partial charge in [-0.05, 0) is 22.5 Å². The van der Waals surface area contributed by atoms with Gasteiger partial charge in [-0.25, -0.2) is 5.43 Å². The van der Waals surface area contributed by atoms with Crippen LogP contribution in [0.5, 0.6) is 5.75 Å². The number of rotatable bonds is 1. The summed E-state index contributed by atoms with van der Waals surface area (Å²) in [7, 11) is 0. The standard InChI is InChI=1S/C20H28ClN3O/c1-19(2,3)12-9-14(20(4,5)6)18(25)17(10-12)24-22-15-8-7-13(21)11-16(15)23-24/h7-10,13,15,22,25H,11H2,1-6H3. The second-order valence-electron chi connectivity index (χ2n) is 9.01. The first kappa shape index (κ1) is 18.3. The molecule has 1 aliphatic heterocycles. The lowest BCUT2D eigenvalue weighted by Gasteiger charge is -2.29. The normalized spacial score (nSPS) is 23.6. The third kappa shape index (κ3) is 3.56. The summed E-state index contributed by atoms with van der Waals surface area (Å²) in [6.45, 7) is 12.9. The summed E-state index contributed by atoms with van der Waals surface area (Å²) in [6, 6.07) is 4.19. The van der Waals surface area contributed by atoms with Crippen molar-refractivity contribution >= 4 is 23.0 Å². The lowest BCUT2D eigenvalue weighted by atomic mass is 9.79. The predicted octanol–water partition coefficient (Wildman–Crippen LogP) is 4.60. The molecular formula is C20H28ClN3O. The van der Waals surface area contributed by atoms with E-state index in [9.17, 15) is 5.11 Å². The van der Waals surface area contributed by atoms with Gasteiger partial charge in [0, 0.05) is 12.0 Å². The maximum Gasteiger partial charge on any atom is 0.146 e. The summed E-state index contributed by atoms with van der Waals surface area (Å²) in [5.74, 6) is 0.280. The van der Waals surface area contributed by atoms with Crippen molar-refractivity contribution < 1.29 is 5.11 Å². The zero-order chi connectivity index (χ0) is 18.6. The number of phenols is 1. The van der Waals surface area contributed by atoms with Gasteiger partial charge < -0.3 is 5.11 Å². The van der Waals surface area contributed by atoms with Crippen molar-refractivity contribution in [3.8, 4) is 5.75 Å². The minimum atomic E-state index is -0.166. The number of anilines is 1. The number of hydrogen-bond acceptors (Lipinski definition) is 4. The highest BCUT2D eigenvalue weighted by molar-refractivity contribution is 6.24. The van der Waals surface area contributed by atoms with E-state index in [1.165, 1.54) is 5.56 Å². The molecule has 1 heterocycles. The van der Waals surface area contributed by atoms with Crippen molar-refractivity contribution in [2.75, 3.05) is 5.12 Å². The minimum absolute atomic E-state index is 0.0172. The molecule has 1 aromatic carbocycles. The molecule has 0 bridgehead atoms. The number of fused-ring (bicyclic) bond motifs is 1. The Labute approximate surface area is 155 Å². The number of nitrogens with one attached hydrogen (secondary N) is 1. The van der Waals surface area contributed by atoms with Gasteiger partial charge in [0.1, 0.15) is 11.4 Å². The largest absolute Gasteiger partial charge is 0.505 e. The number of nitrogens with zero attached hydrogens (tertiary/aromatic N) is 2. The zero-order valence-electron chi connectivity index (χ0n) is 15.9. The molecule has 136 valence electrons. The molecule has 25 heavy (non-hydrogen) atoms. The van der Waals surface area contributed by atoms with Gasteiger partial charge in [0.05, 0.1) is 17.1 Å². The highest BCUT2D eigenvalue weighted by Crippen LogP contribution is 2.42. The summed E-state index contributed by atoms with van der Waals surface area (Å²) >= 11 is 6.22. The maximum atomic E-state index is 11.0. The van der Waals surface area contributed by atoms with Crippen LogP contribution in [0.3, 0.4) is 0 Å². The van der Waals surface area contributed by atoms with Crippen LogP contribution in [0.15, 0.2) is 29.4 Å². The molecule has 1 aromatic rings. The number of hydrazine groups is 1. The second-order valence-corrected chi connectivity index (χ2v) is 9.57. The van der Waals surface area contributed by atoms with E-state index in [1.807, 2.05) is 18.2 Å². The summed E-state index contributed by atoms with van der Waals surface area (Å²) in [4.78, 5) is 0. The summed E-state index contributed by atoms with van der Waals surface area (Å²) in [5, 5.41) is 17.3. The van der Waals surface area contributed by atoms with Crippen molar-refractivity contribution in [2.24, 2.45) is 5.10 Å². The first-order valence-corrected chi connectivity index (χ1v) is 9.24. The highest BCUT2D eigenvalue weighted by atomic mass is 35.5. The van der Waals surface area contributed by atoms with Crippen LogP contribution >= 0.6 is 11.6 Å². The van der Waals surface area contributed by atoms with Gasteiger partial charge in [-0.1, -0.05) is 59.8 Å². The molecule has 0 saturated heterocycles. The van der Waals surface area contributed by atoms with E-state index in [0.29, 0.717) is 5.69 Å². The average Bonchev–Trinajstić information content (AvgIpc) is 2.87. The number of phenolic OH excluding ortho intramolecular Hbond substituents is 1. The van der Waals surface area contributed by atoms with Gasteiger partial charge in [0.2, 0.25) is 0 Å². The lowest BCUT2D eigenvalue weighted by Crippen LogP contribution is -2.38. The van der Waals surface area contributed by atoms with Gasteiger partial charge in [-0.2, -0.15) is 10.2 Å². The van der Waals surface area contributed by atoms with Gasteiger partial charge >= 0.3 is 0 Å². The van der Waals surface area contributed by atoms with E-state index in [2.05, 4.69) is 58.1 Å². The second kappa shape index (κ2) is 6.03. The predicted molar refractivity (Wildman–Crippen MR) is 106 cm³/mol. The van der Waals surface area contributed by atoms with Gasteiger partial charge in [-0.15, -0.1) is 11.6 Å². The molecule has 0 saturated carbocycles. The quantitative estimate of drug-likeness (QED) is 0.567. The number of hydrogen-bond donors (Lipinski definition) is 2. The molecule has 4 nitrogen and oxygen atoms in total. The van der Waals surface area contributed by atoms with Crippen molar-refractivity contribution in [3.05, 3.63) is 35.4 Å². The molecule has 2 N–H and O–H groups in total. The smallest absolute Gasteiger partial charge is 0.146 e. The summed E-state index contributed by atoms with van der Waals surface area (Å²) in [6.07, 6.45) is 4.75. The molecule has 5 heteroatoms. The van der Waals surface area contributed by atoms with Gasteiger partial charge in [-0.3, -0.25) is 0 Å². The number of aromatic hydroxyl groups is 1. The minimum Gasteiger partial charge on any atom is -0.505 e. The fourth-order valence-corrected chi connectivity index (χ4v) is 3.40. The average molecular weight is 362 g/mol. The number of allylic oxidation sites excluding steroid dienone is 1. The molecule has 0 aromatic heterocycles. The van der Waals surface area contributed by atoms with Crippen molar-refractivity contribution in [2.45, 2.75) is 70.2 Å². The van der Waals surface area contributed by atoms with Crippen molar-refractivity contribution in [1.29, 1.82) is 0 Å². The Morgan fingerprint density at radius 2 is 1.80 bits per heavy atom. The van der Waals surface area contributed by atoms with E-state index in [4.69, 9.17) is 11.6 Å². The Bertz CT molecular complexity index is 741. The fourth-order valence-electron chi connectivity index (χ4n) is 3.16. The fraction of sp³-hybridized carbons (Fsp3) is 0.550. The molecule has 2 unspecified atom stereocenters. The first-order valence-electron chi connectivity index (χ1n) is 8.81. The Hall–Kier alpha value is -1.52. The third-order valence-electron chi connectivity index (χ3n) is 4.76. The first-order chi connectivity index (χ1) is 11.5. The van der Waals surface area contributed by atoms with Crippen LogP contribution in [0.1, 0.15) is 59.1 Å². The molecule has 1 aliphatic carbocycles. The maximum absolute atomic E-state index is 11.0. The summed E-state index contributed by atoms with van der Waals surface area (Å²) in [5.41, 5.74) is 6.96. The van der Waals surface area contributed by atoms with Crippen molar-refractivity contribution in [3.63, 3.8) is 0 Å². The number of hydrazone groups is 1. The van der Waals surface area contributed by atoms with Crippen LogP contribution in [0, 0.1) is 0 Å². The van der Waals surface area contributed by atoms with Crippen molar-refractivity contribution in [1.82, 2.24) is 5.43 Å². The SMILES string of the molecule is CC(C)(C)c1cc(N2N=C3CC(Cl)C=CC3N2)c(O)c(C(C)(C)C)c1. The van der Waals surface area contributed by atoms with Crippen LogP contribution in [0.25, 0.3) is 0 Å². The Kier molecular flexibility index (Phi) is 4.41. The van der Waals surface area contributed by atoms with E-state index >= 15 is 0 Å². The van der Waals surface area contributed by atoms with E-state index in [-0.39, 0.29) is 28.0 Å². The van der Waals surface area contributed by atoms with Crippen LogP contribution in [0.4, 0.5) is 5.69 Å². The molecule has 0 radical (unpaired) electrons. The Balaban J connectivity index is 2.09. The molecule has 0 amide bonds. The number of halogens is 1. The van der Waals surface area contributed by atoms with Crippen LogP contribution in [0.2, 0.25) is 0 Å². The number of benzene rings is 1. The van der Waals surface area contributed by atoms with E-state index < -0.39 is 0 Å². The molecule has 2 atom stereocenters. The van der Waals surface area contributed by atoms with E-state index in [0.717, 1.165) is 17.7 Å². The Morgan fingerprint density at radius 3 is 2.40 bits per heavy atom. The van der Waals surface area contributed by atoms with Gasteiger partial charge in [0.25, 0.3) is 0 Å². The van der Waals surface area contributed by atoms with Gasteiger partial charge in [0.15, 0.2) is 0 Å². The topological polar surface area (TPSA) is 47.9 Å². The van der Waals surface area contributed by atoms with Crippen LogP contribution in [-0.4, -0.2) is 22.2 Å². The third-order valence-corrected chi connectivity index (χ3v) is 5.06. The Morgan fingerprint density at radius 1 is 1.12 bits per heavy atom. The lowest BCUT2D eigenvalue weighted by molar-refractivity contribution is 0.442.